The van der Waals surface area contributed by atoms with Crippen molar-refractivity contribution in [3.8, 4) is 0 Å². The molecule has 1 aliphatic heterocycles. The minimum absolute atomic E-state index is 0.390. The molecule has 1 nitrogen and oxygen atoms in total. The van der Waals surface area contributed by atoms with Gasteiger partial charge in [0, 0.05) is 18.6 Å². The summed E-state index contributed by atoms with van der Waals surface area (Å²) in [5.74, 6) is 3.22. The number of rotatable bonds is 2. The summed E-state index contributed by atoms with van der Waals surface area (Å²) >= 11 is 0. The lowest BCUT2D eigenvalue weighted by Crippen LogP contribution is -2.43. The van der Waals surface area contributed by atoms with Gasteiger partial charge < -0.3 is 0 Å². The molecule has 0 aromatic rings. The van der Waals surface area contributed by atoms with Crippen LogP contribution in [0, 0.1) is 29.6 Å². The second kappa shape index (κ2) is 3.94. The van der Waals surface area contributed by atoms with E-state index >= 15 is 0 Å². The van der Waals surface area contributed by atoms with Crippen molar-refractivity contribution in [3.63, 3.8) is 0 Å². The predicted octanol–water partition coefficient (Wildman–Crippen LogP) is 3.35. The van der Waals surface area contributed by atoms with Crippen LogP contribution in [-0.2, 0) is 0 Å². The van der Waals surface area contributed by atoms with E-state index in [2.05, 4.69) is 32.6 Å². The lowest BCUT2D eigenvalue weighted by Gasteiger charge is -2.37. The summed E-state index contributed by atoms with van der Waals surface area (Å²) in [5, 5.41) is 0. The van der Waals surface area contributed by atoms with Crippen LogP contribution >= 0.6 is 0 Å². The summed E-state index contributed by atoms with van der Waals surface area (Å²) < 4.78 is 14.0. The first-order chi connectivity index (χ1) is 8.00. The van der Waals surface area contributed by atoms with Crippen LogP contribution in [0.15, 0.2) is 0 Å². The summed E-state index contributed by atoms with van der Waals surface area (Å²) in [5.41, 5.74) is 0. The third-order valence-electron chi connectivity index (χ3n) is 5.71. The van der Waals surface area contributed by atoms with Crippen molar-refractivity contribution in [2.75, 3.05) is 6.54 Å². The van der Waals surface area contributed by atoms with Crippen molar-refractivity contribution >= 4 is 0 Å². The molecule has 0 spiro atoms. The predicted molar refractivity (Wildman–Crippen MR) is 68.6 cm³/mol. The Morgan fingerprint density at radius 1 is 1.06 bits per heavy atom. The lowest BCUT2D eigenvalue weighted by molar-refractivity contribution is 0.0894. The van der Waals surface area contributed by atoms with Crippen molar-refractivity contribution < 1.29 is 4.39 Å². The van der Waals surface area contributed by atoms with E-state index in [1.165, 1.54) is 13.0 Å². The van der Waals surface area contributed by atoms with Crippen molar-refractivity contribution in [2.24, 2.45) is 29.6 Å². The normalized spacial score (nSPS) is 49.6. The third-order valence-corrected chi connectivity index (χ3v) is 5.71. The fourth-order valence-corrected chi connectivity index (χ4v) is 5.18. The van der Waals surface area contributed by atoms with E-state index < -0.39 is 6.17 Å². The zero-order valence-electron chi connectivity index (χ0n) is 11.6. The maximum atomic E-state index is 14.0. The second-order valence-corrected chi connectivity index (χ2v) is 7.18. The maximum Gasteiger partial charge on any atom is 0.104 e. The average molecular weight is 239 g/mol. The third kappa shape index (κ3) is 1.59. The highest BCUT2D eigenvalue weighted by atomic mass is 19.1. The largest absolute Gasteiger partial charge is 0.297 e. The Hall–Kier alpha value is -0.110. The van der Waals surface area contributed by atoms with Gasteiger partial charge in [0.1, 0.15) is 6.17 Å². The van der Waals surface area contributed by atoms with Gasteiger partial charge in [0.05, 0.1) is 0 Å². The standard InChI is InChI=1S/C15H26FN/c1-8(2)15-14-11-5-10(6-13(11)16)12(14)7-17(15)9(3)4/h8-15H,5-7H2,1-4H3. The monoisotopic (exact) mass is 239 g/mol. The summed E-state index contributed by atoms with van der Waals surface area (Å²) in [6.07, 6.45) is 1.56. The molecule has 2 heteroatoms. The van der Waals surface area contributed by atoms with Crippen molar-refractivity contribution in [1.82, 2.24) is 4.90 Å². The molecule has 0 N–H and O–H groups in total. The van der Waals surface area contributed by atoms with Crippen LogP contribution in [0.2, 0.25) is 0 Å². The average Bonchev–Trinajstić information content (AvgIpc) is 2.83. The molecule has 3 fully saturated rings. The molecule has 6 atom stereocenters. The molecule has 1 saturated heterocycles. The molecule has 0 aromatic carbocycles. The van der Waals surface area contributed by atoms with E-state index in [1.54, 1.807) is 0 Å². The molecule has 98 valence electrons. The Kier molecular flexibility index (Phi) is 2.77. The van der Waals surface area contributed by atoms with E-state index in [0.717, 1.165) is 12.3 Å². The van der Waals surface area contributed by atoms with Crippen LogP contribution in [0.1, 0.15) is 40.5 Å². The lowest BCUT2D eigenvalue weighted by atomic mass is 9.75. The van der Waals surface area contributed by atoms with E-state index in [9.17, 15) is 4.39 Å². The molecule has 17 heavy (non-hydrogen) atoms. The Bertz CT molecular complexity index is 301. The number of fused-ring (bicyclic) bond motifs is 5. The van der Waals surface area contributed by atoms with Crippen LogP contribution < -0.4 is 0 Å². The van der Waals surface area contributed by atoms with E-state index in [-0.39, 0.29) is 0 Å². The van der Waals surface area contributed by atoms with Gasteiger partial charge in [0.25, 0.3) is 0 Å². The first kappa shape index (κ1) is 12.0. The Morgan fingerprint density at radius 2 is 1.76 bits per heavy atom. The molecule has 1 heterocycles. The van der Waals surface area contributed by atoms with Gasteiger partial charge in [-0.25, -0.2) is 4.39 Å². The van der Waals surface area contributed by atoms with Gasteiger partial charge in [-0.1, -0.05) is 13.8 Å². The molecule has 0 amide bonds. The molecule has 6 unspecified atom stereocenters. The Balaban J connectivity index is 1.88. The van der Waals surface area contributed by atoms with E-state index in [4.69, 9.17) is 0 Å². The van der Waals surface area contributed by atoms with Gasteiger partial charge in [-0.15, -0.1) is 0 Å². The molecular weight excluding hydrogens is 213 g/mol. The molecule has 3 rings (SSSR count). The number of hydrogen-bond donors (Lipinski definition) is 0. The zero-order valence-corrected chi connectivity index (χ0v) is 11.6. The minimum atomic E-state index is -0.491. The van der Waals surface area contributed by atoms with Crippen LogP contribution in [-0.4, -0.2) is 29.7 Å². The highest BCUT2D eigenvalue weighted by Crippen LogP contribution is 2.59. The number of alkyl halides is 1. The molecule has 3 aliphatic rings. The molecular formula is C15H26FN. The highest BCUT2D eigenvalue weighted by molar-refractivity contribution is 5.10. The van der Waals surface area contributed by atoms with Gasteiger partial charge in [-0.05, 0) is 56.3 Å². The molecule has 2 saturated carbocycles. The van der Waals surface area contributed by atoms with Gasteiger partial charge in [0.2, 0.25) is 0 Å². The quantitative estimate of drug-likeness (QED) is 0.714. The second-order valence-electron chi connectivity index (χ2n) is 7.18. The molecule has 0 aromatic heterocycles. The topological polar surface area (TPSA) is 3.24 Å². The smallest absolute Gasteiger partial charge is 0.104 e. The zero-order chi connectivity index (χ0) is 12.3. The Labute approximate surface area is 105 Å². The van der Waals surface area contributed by atoms with Crippen LogP contribution in [0.4, 0.5) is 4.39 Å². The van der Waals surface area contributed by atoms with E-state index in [0.29, 0.717) is 35.8 Å². The van der Waals surface area contributed by atoms with Crippen molar-refractivity contribution in [3.05, 3.63) is 0 Å². The molecule has 2 bridgehead atoms. The SMILES string of the molecule is CC(C)C1C2C3CC(CC3F)C2CN1C(C)C. The van der Waals surface area contributed by atoms with Crippen LogP contribution in [0.5, 0.6) is 0 Å². The number of halogens is 1. The van der Waals surface area contributed by atoms with Gasteiger partial charge in [0.15, 0.2) is 0 Å². The highest BCUT2D eigenvalue weighted by Gasteiger charge is 2.60. The van der Waals surface area contributed by atoms with Gasteiger partial charge >= 0.3 is 0 Å². The first-order valence-corrected chi connectivity index (χ1v) is 7.40. The Morgan fingerprint density at radius 3 is 2.35 bits per heavy atom. The first-order valence-electron chi connectivity index (χ1n) is 7.40. The fraction of sp³-hybridized carbons (Fsp3) is 1.00. The minimum Gasteiger partial charge on any atom is -0.297 e. The maximum absolute atomic E-state index is 14.0. The van der Waals surface area contributed by atoms with Gasteiger partial charge in [-0.2, -0.15) is 0 Å². The van der Waals surface area contributed by atoms with Crippen molar-refractivity contribution in [1.29, 1.82) is 0 Å². The molecule has 0 radical (unpaired) electrons. The summed E-state index contributed by atoms with van der Waals surface area (Å²) in [6.45, 7) is 10.5. The van der Waals surface area contributed by atoms with Crippen molar-refractivity contribution in [2.45, 2.75) is 58.8 Å². The number of hydrogen-bond acceptors (Lipinski definition) is 1. The van der Waals surface area contributed by atoms with Crippen LogP contribution in [0.25, 0.3) is 0 Å². The number of nitrogens with zero attached hydrogens (tertiary/aromatic N) is 1. The number of likely N-dealkylation sites (tertiary alicyclic amines) is 1. The summed E-state index contributed by atoms with van der Waals surface area (Å²) in [4.78, 5) is 2.66. The summed E-state index contributed by atoms with van der Waals surface area (Å²) in [6, 6.07) is 1.25. The fourth-order valence-electron chi connectivity index (χ4n) is 5.18. The molecule has 2 aliphatic carbocycles. The summed E-state index contributed by atoms with van der Waals surface area (Å²) in [7, 11) is 0. The van der Waals surface area contributed by atoms with Crippen LogP contribution in [0.3, 0.4) is 0 Å². The van der Waals surface area contributed by atoms with Gasteiger partial charge in [-0.3, -0.25) is 4.90 Å². The van der Waals surface area contributed by atoms with E-state index in [1.807, 2.05) is 0 Å².